The molecule has 0 saturated heterocycles. The average Bonchev–Trinajstić information content (AvgIpc) is 3.41. The number of hydrogen-bond acceptors (Lipinski definition) is 3. The average molecular weight is 403 g/mol. The van der Waals surface area contributed by atoms with E-state index in [9.17, 15) is 9.18 Å². The minimum absolute atomic E-state index is 0.378. The summed E-state index contributed by atoms with van der Waals surface area (Å²) in [6.07, 6.45) is 3.91. The van der Waals surface area contributed by atoms with E-state index in [0.717, 1.165) is 16.6 Å². The first-order valence-corrected chi connectivity index (χ1v) is 9.59. The van der Waals surface area contributed by atoms with E-state index in [1.165, 1.54) is 24.3 Å². The molecule has 2 aromatic carbocycles. The number of aromatic nitrogens is 2. The molecule has 1 aliphatic rings. The molecule has 2 aromatic heterocycles. The molecule has 0 saturated carbocycles. The van der Waals surface area contributed by atoms with E-state index in [-0.39, 0.29) is 5.82 Å². The van der Waals surface area contributed by atoms with Crippen LogP contribution in [-0.4, -0.2) is 22.5 Å². The minimum Gasteiger partial charge on any atom is -0.367 e. The zero-order chi connectivity index (χ0) is 22.3. The van der Waals surface area contributed by atoms with Crippen LogP contribution in [0.15, 0.2) is 67.0 Å². The fraction of sp³-hybridized carbons (Fsp3) is 0.130. The molecule has 3 N–H and O–H groups in total. The molecule has 0 aliphatic carbocycles. The predicted molar refractivity (Wildman–Crippen MR) is 116 cm³/mol. The second-order valence-electron chi connectivity index (χ2n) is 7.00. The van der Waals surface area contributed by atoms with E-state index in [2.05, 4.69) is 20.6 Å². The van der Waals surface area contributed by atoms with Crippen LogP contribution in [-0.2, 0) is 12.9 Å². The summed E-state index contributed by atoms with van der Waals surface area (Å²) >= 11 is 0. The van der Waals surface area contributed by atoms with E-state index >= 15 is 0 Å². The molecule has 30 heavy (non-hydrogen) atoms. The van der Waals surface area contributed by atoms with Crippen LogP contribution in [0.3, 0.4) is 0 Å². The van der Waals surface area contributed by atoms with Crippen LogP contribution in [0.4, 0.5) is 26.2 Å². The van der Waals surface area contributed by atoms with Gasteiger partial charge in [-0.25, -0.2) is 14.2 Å². The third kappa shape index (κ3) is 3.45. The van der Waals surface area contributed by atoms with Gasteiger partial charge in [-0.3, -0.25) is 0 Å². The van der Waals surface area contributed by atoms with E-state index < -0.39 is 12.5 Å². The molecule has 0 unspecified atom stereocenters. The summed E-state index contributed by atoms with van der Waals surface area (Å²) in [6, 6.07) is 14.1. The smallest absolute Gasteiger partial charge is 0.323 e. The Labute approximate surface area is 175 Å². The van der Waals surface area contributed by atoms with Gasteiger partial charge in [-0.2, -0.15) is 0 Å². The number of carbonyl (C=O) groups is 1. The van der Waals surface area contributed by atoms with Crippen molar-refractivity contribution in [3.63, 3.8) is 0 Å². The van der Waals surface area contributed by atoms with Gasteiger partial charge >= 0.3 is 6.03 Å². The molecule has 0 atom stereocenters. The summed E-state index contributed by atoms with van der Waals surface area (Å²) in [6.45, 7) is -1.31. The quantitative estimate of drug-likeness (QED) is 0.453. The van der Waals surface area contributed by atoms with Crippen LogP contribution in [0.25, 0.3) is 11.0 Å². The Morgan fingerprint density at radius 2 is 2.03 bits per heavy atom. The number of urea groups is 1. The molecule has 4 aromatic rings. The van der Waals surface area contributed by atoms with Crippen molar-refractivity contribution in [2.24, 2.45) is 0 Å². The Hall–Kier alpha value is -3.87. The lowest BCUT2D eigenvalue weighted by Gasteiger charge is -2.19. The fourth-order valence-electron chi connectivity index (χ4n) is 3.68. The predicted octanol–water partition coefficient (Wildman–Crippen LogP) is 4.91. The lowest BCUT2D eigenvalue weighted by atomic mass is 10.1. The number of nitrogens with one attached hydrogen (secondary N) is 3. The summed E-state index contributed by atoms with van der Waals surface area (Å²) < 4.78 is 30.8. The normalized spacial score (nSPS) is 14.2. The van der Waals surface area contributed by atoms with Gasteiger partial charge in [-0.05, 0) is 60.5 Å². The van der Waals surface area contributed by atoms with E-state index in [1.807, 2.05) is 12.1 Å². The highest BCUT2D eigenvalue weighted by Gasteiger charge is 2.23. The van der Waals surface area contributed by atoms with Crippen molar-refractivity contribution in [1.29, 1.82) is 0 Å². The zero-order valence-electron chi connectivity index (χ0n) is 17.9. The van der Waals surface area contributed by atoms with Crippen LogP contribution in [0.2, 0.25) is 0 Å². The molecule has 0 spiro atoms. The number of pyridine rings is 1. The van der Waals surface area contributed by atoms with Gasteiger partial charge in [-0.15, -0.1) is 0 Å². The number of anilines is 3. The Morgan fingerprint density at radius 3 is 2.90 bits per heavy atom. The number of fused-ring (bicyclic) bond motifs is 2. The van der Waals surface area contributed by atoms with Gasteiger partial charge in [0.05, 0.1) is 2.74 Å². The van der Waals surface area contributed by atoms with Gasteiger partial charge in [0.15, 0.2) is 0 Å². The Kier molecular flexibility index (Phi) is 4.00. The highest BCUT2D eigenvalue weighted by molar-refractivity contribution is 6.00. The molecule has 0 bridgehead atoms. The fourth-order valence-corrected chi connectivity index (χ4v) is 3.68. The maximum absolute atomic E-state index is 13.1. The van der Waals surface area contributed by atoms with Crippen LogP contribution in [0, 0.1) is 5.82 Å². The summed E-state index contributed by atoms with van der Waals surface area (Å²) in [7, 11) is 0. The number of aromatic amines is 1. The number of amides is 2. The SMILES string of the molecule is [2H]C([2H])(c1c[nH]c2ncccc12)N1CCc2c(NC(=O)Nc3ccc(F)cc3)cccc21. The largest absolute Gasteiger partial charge is 0.367 e. The summed E-state index contributed by atoms with van der Waals surface area (Å²) in [5.41, 5.74) is 3.83. The lowest BCUT2D eigenvalue weighted by molar-refractivity contribution is 0.262. The number of benzene rings is 2. The number of rotatable bonds is 4. The summed E-state index contributed by atoms with van der Waals surface area (Å²) in [4.78, 5) is 21.5. The Bertz CT molecular complexity index is 1310. The van der Waals surface area contributed by atoms with E-state index in [4.69, 9.17) is 2.74 Å². The van der Waals surface area contributed by atoms with E-state index in [1.54, 1.807) is 35.5 Å². The number of H-pyrrole nitrogens is 1. The molecular weight excluding hydrogens is 381 g/mol. The second kappa shape index (κ2) is 7.51. The van der Waals surface area contributed by atoms with E-state index in [0.29, 0.717) is 35.6 Å². The molecule has 1 aliphatic heterocycles. The van der Waals surface area contributed by atoms with Crippen molar-refractivity contribution >= 4 is 34.1 Å². The maximum atomic E-state index is 13.1. The van der Waals surface area contributed by atoms with Gasteiger partial charge in [0.1, 0.15) is 11.5 Å². The van der Waals surface area contributed by atoms with Gasteiger partial charge in [0.25, 0.3) is 0 Å². The number of halogens is 1. The van der Waals surface area contributed by atoms with Crippen LogP contribution in [0.5, 0.6) is 0 Å². The maximum Gasteiger partial charge on any atom is 0.323 e. The number of nitrogens with zero attached hydrogens (tertiary/aromatic N) is 2. The molecule has 0 fully saturated rings. The van der Waals surface area contributed by atoms with Gasteiger partial charge in [0.2, 0.25) is 0 Å². The van der Waals surface area contributed by atoms with Crippen molar-refractivity contribution in [3.05, 3.63) is 83.9 Å². The molecule has 6 nitrogen and oxygen atoms in total. The zero-order valence-corrected chi connectivity index (χ0v) is 15.9. The van der Waals surface area contributed by atoms with Crippen molar-refractivity contribution in [2.75, 3.05) is 22.1 Å². The molecular formula is C23H20FN5O. The lowest BCUT2D eigenvalue weighted by Crippen LogP contribution is -2.20. The third-order valence-electron chi connectivity index (χ3n) is 5.08. The van der Waals surface area contributed by atoms with Gasteiger partial charge in [0, 0.05) is 53.4 Å². The van der Waals surface area contributed by atoms with Crippen molar-refractivity contribution in [2.45, 2.75) is 12.9 Å². The van der Waals surface area contributed by atoms with Crippen molar-refractivity contribution in [3.8, 4) is 0 Å². The van der Waals surface area contributed by atoms with Gasteiger partial charge in [-0.1, -0.05) is 6.07 Å². The first kappa shape index (κ1) is 16.0. The highest BCUT2D eigenvalue weighted by atomic mass is 19.1. The van der Waals surface area contributed by atoms with Crippen molar-refractivity contribution in [1.82, 2.24) is 9.97 Å². The van der Waals surface area contributed by atoms with Crippen LogP contribution < -0.4 is 15.5 Å². The Balaban J connectivity index is 1.41. The monoisotopic (exact) mass is 403 g/mol. The first-order valence-electron chi connectivity index (χ1n) is 10.6. The molecule has 0 radical (unpaired) electrons. The first-order chi connectivity index (χ1) is 15.4. The minimum atomic E-state index is -1.78. The molecule has 5 rings (SSSR count). The molecule has 7 heteroatoms. The summed E-state index contributed by atoms with van der Waals surface area (Å²) in [5, 5.41) is 6.25. The summed E-state index contributed by atoms with van der Waals surface area (Å²) in [5.74, 6) is -0.378. The Morgan fingerprint density at radius 1 is 1.17 bits per heavy atom. The third-order valence-corrected chi connectivity index (χ3v) is 5.08. The number of carbonyl (C=O) groups excluding carboxylic acids is 1. The molecule has 150 valence electrons. The molecule has 3 heterocycles. The number of hydrogen-bond donors (Lipinski definition) is 3. The van der Waals surface area contributed by atoms with Crippen LogP contribution in [0.1, 0.15) is 13.9 Å². The second-order valence-corrected chi connectivity index (χ2v) is 7.00. The topological polar surface area (TPSA) is 73.0 Å². The molecule has 2 amide bonds. The highest BCUT2D eigenvalue weighted by Crippen LogP contribution is 2.35. The van der Waals surface area contributed by atoms with Crippen molar-refractivity contribution < 1.29 is 11.9 Å². The standard InChI is InChI=1S/C23H20FN5O/c24-16-6-8-17(9-7-16)27-23(30)28-20-4-1-5-21-19(20)10-12-29(21)14-15-13-26-22-18(15)3-2-11-25-22/h1-9,11,13H,10,12,14H2,(H,25,26)(H2,27,28,30)/i14D2. The van der Waals surface area contributed by atoms with Gasteiger partial charge < -0.3 is 20.5 Å². The van der Waals surface area contributed by atoms with Crippen LogP contribution >= 0.6 is 0 Å².